The van der Waals surface area contributed by atoms with E-state index in [9.17, 15) is 35.9 Å². The van der Waals surface area contributed by atoms with E-state index in [1.54, 1.807) is 0 Å². The Morgan fingerprint density at radius 3 is 2.35 bits per heavy atom. The van der Waals surface area contributed by atoms with Crippen molar-refractivity contribution in [1.29, 1.82) is 0 Å². The number of rotatable bonds is 3. The Bertz CT molecular complexity index is 691. The number of amides is 2. The van der Waals surface area contributed by atoms with Crippen LogP contribution in [0.4, 0.5) is 31.1 Å². The summed E-state index contributed by atoms with van der Waals surface area (Å²) < 4.78 is 76.3. The number of urea groups is 1. The minimum Gasteiger partial charge on any atom is -0.481 e. The van der Waals surface area contributed by atoms with Crippen LogP contribution in [0, 0.1) is 11.8 Å². The molecule has 2 atom stereocenters. The molecule has 12 heteroatoms. The van der Waals surface area contributed by atoms with E-state index in [4.69, 9.17) is 5.11 Å². The van der Waals surface area contributed by atoms with Gasteiger partial charge in [0.05, 0.1) is 24.1 Å². The third-order valence-electron chi connectivity index (χ3n) is 3.86. The van der Waals surface area contributed by atoms with Gasteiger partial charge in [0.1, 0.15) is 5.69 Å². The molecule has 2 N–H and O–H groups in total. The Kier molecular flexibility index (Phi) is 5.33. The molecule has 26 heavy (non-hydrogen) atoms. The van der Waals surface area contributed by atoms with E-state index in [1.807, 2.05) is 0 Å². The third kappa shape index (κ3) is 4.55. The molecule has 1 fully saturated rings. The predicted molar refractivity (Wildman–Crippen MR) is 73.7 cm³/mol. The molecule has 0 bridgehead atoms. The molecule has 2 rings (SSSR count). The standard InChI is InChI=1S/C14H13F6N3O3/c15-13(16,17)9-6-23(5-8(9)11(24)25)12(26)21-4-7-2-1-3-10(22-7)14(18,19)20/h1-3,8-9H,4-6H2,(H,21,26)(H,24,25)/t8-,9-/m1/s1. The van der Waals surface area contributed by atoms with Crippen LogP contribution < -0.4 is 5.32 Å². The fourth-order valence-electron chi connectivity index (χ4n) is 2.57. The number of carbonyl (C=O) groups is 2. The smallest absolute Gasteiger partial charge is 0.433 e. The number of pyridine rings is 1. The molecule has 6 nitrogen and oxygen atoms in total. The highest BCUT2D eigenvalue weighted by atomic mass is 19.4. The number of nitrogens with zero attached hydrogens (tertiary/aromatic N) is 2. The number of aromatic nitrogens is 1. The van der Waals surface area contributed by atoms with Gasteiger partial charge in [0.15, 0.2) is 0 Å². The number of carbonyl (C=O) groups excluding carboxylic acids is 1. The molecule has 1 aromatic heterocycles. The number of alkyl halides is 6. The fraction of sp³-hybridized carbons (Fsp3) is 0.500. The Hall–Kier alpha value is -2.53. The van der Waals surface area contributed by atoms with Crippen molar-refractivity contribution in [1.82, 2.24) is 15.2 Å². The van der Waals surface area contributed by atoms with Gasteiger partial charge < -0.3 is 15.3 Å². The monoisotopic (exact) mass is 385 g/mol. The van der Waals surface area contributed by atoms with Crippen molar-refractivity contribution < 1.29 is 41.0 Å². The number of hydrogen-bond donors (Lipinski definition) is 2. The average molecular weight is 385 g/mol. The number of aliphatic carboxylic acids is 1. The van der Waals surface area contributed by atoms with E-state index in [0.717, 1.165) is 12.1 Å². The van der Waals surface area contributed by atoms with Gasteiger partial charge >= 0.3 is 24.4 Å². The molecule has 2 amide bonds. The Labute approximate surface area is 142 Å². The first-order valence-corrected chi connectivity index (χ1v) is 7.25. The van der Waals surface area contributed by atoms with E-state index in [-0.39, 0.29) is 5.69 Å². The summed E-state index contributed by atoms with van der Waals surface area (Å²) in [4.78, 5) is 26.9. The first-order chi connectivity index (χ1) is 11.9. The van der Waals surface area contributed by atoms with E-state index >= 15 is 0 Å². The maximum absolute atomic E-state index is 12.9. The van der Waals surface area contributed by atoms with Crippen molar-refractivity contribution in [3.8, 4) is 0 Å². The van der Waals surface area contributed by atoms with Crippen LogP contribution in [-0.4, -0.2) is 46.3 Å². The molecular weight excluding hydrogens is 372 g/mol. The summed E-state index contributed by atoms with van der Waals surface area (Å²) in [7, 11) is 0. The van der Waals surface area contributed by atoms with E-state index < -0.39 is 61.5 Å². The van der Waals surface area contributed by atoms with Gasteiger partial charge in [-0.05, 0) is 12.1 Å². The van der Waals surface area contributed by atoms with Gasteiger partial charge in [0, 0.05) is 13.1 Å². The van der Waals surface area contributed by atoms with Crippen molar-refractivity contribution in [3.05, 3.63) is 29.6 Å². The van der Waals surface area contributed by atoms with Crippen molar-refractivity contribution in [2.75, 3.05) is 13.1 Å². The van der Waals surface area contributed by atoms with Crippen LogP contribution in [-0.2, 0) is 17.5 Å². The molecule has 1 aromatic rings. The van der Waals surface area contributed by atoms with Gasteiger partial charge in [-0.15, -0.1) is 0 Å². The second-order valence-electron chi connectivity index (χ2n) is 5.67. The highest BCUT2D eigenvalue weighted by Crippen LogP contribution is 2.37. The maximum atomic E-state index is 12.9. The van der Waals surface area contributed by atoms with Gasteiger partial charge in [0.25, 0.3) is 0 Å². The summed E-state index contributed by atoms with van der Waals surface area (Å²) in [5, 5.41) is 11.0. The Morgan fingerprint density at radius 2 is 1.85 bits per heavy atom. The molecule has 0 aliphatic carbocycles. The molecule has 144 valence electrons. The molecular formula is C14H13F6N3O3. The van der Waals surface area contributed by atoms with Crippen LogP contribution in [0.2, 0.25) is 0 Å². The molecule has 2 heterocycles. The zero-order valence-electron chi connectivity index (χ0n) is 12.9. The van der Waals surface area contributed by atoms with Crippen molar-refractivity contribution >= 4 is 12.0 Å². The van der Waals surface area contributed by atoms with Crippen molar-refractivity contribution in [2.24, 2.45) is 11.8 Å². The minimum absolute atomic E-state index is 0.144. The Balaban J connectivity index is 2.02. The second-order valence-corrected chi connectivity index (χ2v) is 5.67. The summed E-state index contributed by atoms with van der Waals surface area (Å²) in [5.74, 6) is -5.69. The van der Waals surface area contributed by atoms with Gasteiger partial charge in [0.2, 0.25) is 0 Å². The highest BCUT2D eigenvalue weighted by molar-refractivity contribution is 5.77. The average Bonchev–Trinajstić information content (AvgIpc) is 2.98. The lowest BCUT2D eigenvalue weighted by Gasteiger charge is -2.18. The van der Waals surface area contributed by atoms with Gasteiger partial charge in [-0.2, -0.15) is 26.3 Å². The van der Waals surface area contributed by atoms with Crippen LogP contribution in [0.25, 0.3) is 0 Å². The largest absolute Gasteiger partial charge is 0.481 e. The highest BCUT2D eigenvalue weighted by Gasteiger charge is 2.53. The molecule has 1 saturated heterocycles. The van der Waals surface area contributed by atoms with Crippen LogP contribution in [0.5, 0.6) is 0 Å². The molecule has 0 aromatic carbocycles. The van der Waals surface area contributed by atoms with E-state index in [1.165, 1.54) is 6.07 Å². The number of nitrogens with one attached hydrogen (secondary N) is 1. The summed E-state index contributed by atoms with van der Waals surface area (Å²) in [6.45, 7) is -1.95. The topological polar surface area (TPSA) is 82.5 Å². The number of likely N-dealkylation sites (tertiary alicyclic amines) is 1. The lowest BCUT2D eigenvalue weighted by atomic mass is 9.96. The normalized spacial score (nSPS) is 20.9. The van der Waals surface area contributed by atoms with Gasteiger partial charge in [-0.3, -0.25) is 4.79 Å². The number of halogens is 6. The van der Waals surface area contributed by atoms with Gasteiger partial charge in [-0.25, -0.2) is 9.78 Å². The van der Waals surface area contributed by atoms with Crippen LogP contribution in [0.1, 0.15) is 11.4 Å². The first kappa shape index (κ1) is 19.8. The first-order valence-electron chi connectivity index (χ1n) is 7.25. The molecule has 0 spiro atoms. The van der Waals surface area contributed by atoms with Crippen LogP contribution in [0.15, 0.2) is 18.2 Å². The summed E-state index contributed by atoms with van der Waals surface area (Å²) in [6.07, 6.45) is -9.47. The molecule has 0 radical (unpaired) electrons. The summed E-state index contributed by atoms with van der Waals surface area (Å²) in [6, 6.07) is 2.00. The Morgan fingerprint density at radius 1 is 1.19 bits per heavy atom. The summed E-state index contributed by atoms with van der Waals surface area (Å²) >= 11 is 0. The quantitative estimate of drug-likeness (QED) is 0.784. The molecule has 1 aliphatic rings. The SMILES string of the molecule is O=C(O)[C@@H]1CN(C(=O)NCc2cccc(C(F)(F)F)n2)C[C@H]1C(F)(F)F. The van der Waals surface area contributed by atoms with Crippen molar-refractivity contribution in [3.63, 3.8) is 0 Å². The van der Waals surface area contributed by atoms with E-state index in [2.05, 4.69) is 10.3 Å². The number of carboxylic acids is 1. The van der Waals surface area contributed by atoms with Crippen LogP contribution >= 0.6 is 0 Å². The molecule has 1 aliphatic heterocycles. The minimum atomic E-state index is -4.79. The van der Waals surface area contributed by atoms with E-state index in [0.29, 0.717) is 4.90 Å². The predicted octanol–water partition coefficient (Wildman–Crippen LogP) is 2.50. The zero-order valence-corrected chi connectivity index (χ0v) is 12.9. The molecule has 0 unspecified atom stereocenters. The lowest BCUT2D eigenvalue weighted by molar-refractivity contribution is -0.187. The number of hydrogen-bond acceptors (Lipinski definition) is 3. The van der Waals surface area contributed by atoms with Crippen molar-refractivity contribution in [2.45, 2.75) is 18.9 Å². The third-order valence-corrected chi connectivity index (χ3v) is 3.86. The van der Waals surface area contributed by atoms with Gasteiger partial charge in [-0.1, -0.05) is 6.07 Å². The number of carboxylic acid groups (broad SMARTS) is 1. The second kappa shape index (κ2) is 7.00. The maximum Gasteiger partial charge on any atom is 0.433 e. The fourth-order valence-corrected chi connectivity index (χ4v) is 2.57. The summed E-state index contributed by atoms with van der Waals surface area (Å²) in [5.41, 5.74) is -1.32. The molecule has 0 saturated carbocycles. The lowest BCUT2D eigenvalue weighted by Crippen LogP contribution is -2.39. The zero-order chi connectivity index (χ0) is 19.7. The van der Waals surface area contributed by atoms with Crippen LogP contribution in [0.3, 0.4) is 0 Å².